The van der Waals surface area contributed by atoms with E-state index in [0.29, 0.717) is 0 Å². The molecule has 0 aliphatic carbocycles. The minimum atomic E-state index is -4.66. The van der Waals surface area contributed by atoms with Gasteiger partial charge in [0.25, 0.3) is 0 Å². The number of aromatic nitrogens is 2. The van der Waals surface area contributed by atoms with Gasteiger partial charge in [0.15, 0.2) is 0 Å². The summed E-state index contributed by atoms with van der Waals surface area (Å²) in [6, 6.07) is 0. The molecule has 18 heavy (non-hydrogen) atoms. The molecule has 0 amide bonds. The summed E-state index contributed by atoms with van der Waals surface area (Å²) >= 11 is 0. The van der Waals surface area contributed by atoms with Crippen LogP contribution in [0.5, 0.6) is 0 Å². The van der Waals surface area contributed by atoms with Gasteiger partial charge < -0.3 is 0 Å². The van der Waals surface area contributed by atoms with Crippen LogP contribution in [0, 0.1) is 0 Å². The van der Waals surface area contributed by atoms with Crippen molar-refractivity contribution in [1.82, 2.24) is 9.78 Å². The number of rotatable bonds is 1. The molecule has 0 aliphatic heterocycles. The zero-order chi connectivity index (χ0) is 14.3. The van der Waals surface area contributed by atoms with Crippen LogP contribution >= 0.6 is 0 Å². The van der Waals surface area contributed by atoms with Crippen LogP contribution in [0.2, 0.25) is 0 Å². The molecule has 0 saturated carbocycles. The van der Waals surface area contributed by atoms with Crippen molar-refractivity contribution in [1.29, 1.82) is 0 Å². The molecule has 1 aromatic heterocycles. The Morgan fingerprint density at radius 3 is 2.06 bits per heavy atom. The minimum Gasteiger partial charge on any atom is -0.287 e. The first kappa shape index (κ1) is 14.7. The van der Waals surface area contributed by atoms with Gasteiger partial charge in [0.1, 0.15) is 11.3 Å². The lowest BCUT2D eigenvalue weighted by atomic mass is 10.1. The maximum atomic E-state index is 12.8. The molecule has 1 aromatic rings. The van der Waals surface area contributed by atoms with E-state index in [-0.39, 0.29) is 11.6 Å². The lowest BCUT2D eigenvalue weighted by Gasteiger charge is -2.24. The molecule has 6 heteroatoms. The molecule has 0 N–H and O–H groups in total. The number of nitrogens with zero attached hydrogens (tertiary/aromatic N) is 2. The first-order valence-corrected chi connectivity index (χ1v) is 5.66. The van der Waals surface area contributed by atoms with Gasteiger partial charge in [0.2, 0.25) is 5.43 Å². The molecule has 0 spiro atoms. The van der Waals surface area contributed by atoms with Crippen molar-refractivity contribution in [2.24, 2.45) is 0 Å². The Labute approximate surface area is 104 Å². The van der Waals surface area contributed by atoms with Crippen molar-refractivity contribution in [2.45, 2.75) is 52.3 Å². The summed E-state index contributed by atoms with van der Waals surface area (Å²) < 4.78 is 39.7. The monoisotopic (exact) mass is 262 g/mol. The van der Waals surface area contributed by atoms with Crippen LogP contribution in [0.1, 0.15) is 51.8 Å². The number of halogens is 3. The highest BCUT2D eigenvalue weighted by Gasteiger charge is 2.36. The molecule has 0 aromatic carbocycles. The lowest BCUT2D eigenvalue weighted by molar-refractivity contribution is -0.139. The van der Waals surface area contributed by atoms with Gasteiger partial charge in [-0.1, -0.05) is 13.8 Å². The lowest BCUT2D eigenvalue weighted by Crippen LogP contribution is -2.33. The van der Waals surface area contributed by atoms with Crippen LogP contribution in [0.15, 0.2) is 11.0 Å². The maximum absolute atomic E-state index is 12.8. The van der Waals surface area contributed by atoms with Crippen LogP contribution in [-0.4, -0.2) is 9.78 Å². The molecule has 0 radical (unpaired) electrons. The summed E-state index contributed by atoms with van der Waals surface area (Å²) in [7, 11) is 0. The van der Waals surface area contributed by atoms with Crippen LogP contribution in [0.4, 0.5) is 13.2 Å². The third kappa shape index (κ3) is 2.91. The molecular weight excluding hydrogens is 245 g/mol. The van der Waals surface area contributed by atoms with Gasteiger partial charge in [-0.15, -0.1) is 0 Å². The molecule has 1 heterocycles. The topological polar surface area (TPSA) is 34.9 Å². The zero-order valence-corrected chi connectivity index (χ0v) is 11.1. The van der Waals surface area contributed by atoms with Gasteiger partial charge in [-0.2, -0.15) is 18.3 Å². The van der Waals surface area contributed by atoms with Gasteiger partial charge >= 0.3 is 6.18 Å². The van der Waals surface area contributed by atoms with Crippen molar-refractivity contribution in [3.8, 4) is 0 Å². The number of hydrogen-bond donors (Lipinski definition) is 0. The predicted molar refractivity (Wildman–Crippen MR) is 62.6 cm³/mol. The van der Waals surface area contributed by atoms with Gasteiger partial charge in [0.05, 0.1) is 5.54 Å². The Kier molecular flexibility index (Phi) is 3.60. The van der Waals surface area contributed by atoms with Crippen molar-refractivity contribution >= 4 is 0 Å². The van der Waals surface area contributed by atoms with E-state index in [4.69, 9.17) is 0 Å². The Morgan fingerprint density at radius 2 is 1.72 bits per heavy atom. The molecule has 3 nitrogen and oxygen atoms in total. The van der Waals surface area contributed by atoms with Crippen molar-refractivity contribution < 1.29 is 13.2 Å². The standard InChI is InChI=1S/C12H17F3N2O/c1-7(2)9-10(18)8(12(13,14)15)6-17(16-9)11(3,4)5/h6-7H,1-5H3. The third-order valence-corrected chi connectivity index (χ3v) is 2.48. The van der Waals surface area contributed by atoms with Crippen molar-refractivity contribution in [2.75, 3.05) is 0 Å². The summed E-state index contributed by atoms with van der Waals surface area (Å²) in [5.41, 5.74) is -2.86. The molecule has 0 fully saturated rings. The molecule has 1 rings (SSSR count). The van der Waals surface area contributed by atoms with Gasteiger partial charge in [-0.05, 0) is 20.8 Å². The number of hydrogen-bond acceptors (Lipinski definition) is 2. The van der Waals surface area contributed by atoms with Gasteiger partial charge in [-0.25, -0.2) is 0 Å². The molecule has 0 atom stereocenters. The Balaban J connectivity index is 3.64. The van der Waals surface area contributed by atoms with Crippen LogP contribution < -0.4 is 5.43 Å². The van der Waals surface area contributed by atoms with Gasteiger partial charge in [0, 0.05) is 12.1 Å². The maximum Gasteiger partial charge on any atom is 0.421 e. The van der Waals surface area contributed by atoms with E-state index >= 15 is 0 Å². The largest absolute Gasteiger partial charge is 0.421 e. The predicted octanol–water partition coefficient (Wildman–Crippen LogP) is 3.14. The van der Waals surface area contributed by atoms with E-state index in [1.807, 2.05) is 0 Å². The van der Waals surface area contributed by atoms with Crippen LogP contribution in [0.25, 0.3) is 0 Å². The minimum absolute atomic E-state index is 0.0558. The first-order chi connectivity index (χ1) is 7.94. The summed E-state index contributed by atoms with van der Waals surface area (Å²) in [6.45, 7) is 8.49. The second-order valence-electron chi connectivity index (χ2n) is 5.52. The second-order valence-corrected chi connectivity index (χ2v) is 5.52. The highest BCUT2D eigenvalue weighted by Crippen LogP contribution is 2.28. The quantitative estimate of drug-likeness (QED) is 0.779. The second kappa shape index (κ2) is 4.40. The Hall–Kier alpha value is -1.33. The van der Waals surface area contributed by atoms with Crippen LogP contribution in [-0.2, 0) is 11.7 Å². The Morgan fingerprint density at radius 1 is 1.22 bits per heavy atom. The molecule has 0 aliphatic rings. The fraction of sp³-hybridized carbons (Fsp3) is 0.667. The summed E-state index contributed by atoms with van der Waals surface area (Å²) in [4.78, 5) is 11.7. The van der Waals surface area contributed by atoms with E-state index < -0.39 is 22.7 Å². The summed E-state index contributed by atoms with van der Waals surface area (Å²) in [6.07, 6.45) is -3.87. The third-order valence-electron chi connectivity index (χ3n) is 2.48. The van der Waals surface area contributed by atoms with E-state index in [0.717, 1.165) is 6.20 Å². The highest BCUT2D eigenvalue weighted by molar-refractivity contribution is 5.19. The molecule has 0 bridgehead atoms. The van der Waals surface area contributed by atoms with E-state index in [1.54, 1.807) is 34.6 Å². The highest BCUT2D eigenvalue weighted by atomic mass is 19.4. The molecule has 0 saturated heterocycles. The fourth-order valence-electron chi connectivity index (χ4n) is 1.43. The SMILES string of the molecule is CC(C)c1nn(C(C)(C)C)cc(C(F)(F)F)c1=O. The zero-order valence-electron chi connectivity index (χ0n) is 11.1. The van der Waals surface area contributed by atoms with Crippen LogP contribution in [0.3, 0.4) is 0 Å². The fourth-order valence-corrected chi connectivity index (χ4v) is 1.43. The van der Waals surface area contributed by atoms with Gasteiger partial charge in [-0.3, -0.25) is 9.48 Å². The van der Waals surface area contributed by atoms with Crippen molar-refractivity contribution in [3.05, 3.63) is 27.7 Å². The summed E-state index contributed by atoms with van der Waals surface area (Å²) in [5, 5.41) is 4.02. The first-order valence-electron chi connectivity index (χ1n) is 5.66. The molecule has 102 valence electrons. The average Bonchev–Trinajstić information content (AvgIpc) is 2.13. The number of alkyl halides is 3. The average molecular weight is 262 g/mol. The van der Waals surface area contributed by atoms with E-state index in [2.05, 4.69) is 5.10 Å². The van der Waals surface area contributed by atoms with E-state index in [9.17, 15) is 18.0 Å². The summed E-state index contributed by atoms with van der Waals surface area (Å²) in [5.74, 6) is -0.353. The Bertz CT molecular complexity index is 496. The molecule has 0 unspecified atom stereocenters. The van der Waals surface area contributed by atoms with E-state index in [1.165, 1.54) is 4.68 Å². The van der Waals surface area contributed by atoms with Crippen molar-refractivity contribution in [3.63, 3.8) is 0 Å². The smallest absolute Gasteiger partial charge is 0.287 e. The molecular formula is C12H17F3N2O. The normalized spacial score (nSPS) is 13.2.